The summed E-state index contributed by atoms with van der Waals surface area (Å²) < 4.78 is 4.99. The molecule has 1 saturated carbocycles. The summed E-state index contributed by atoms with van der Waals surface area (Å²) in [4.78, 5) is 0. The summed E-state index contributed by atoms with van der Waals surface area (Å²) in [6.07, 6.45) is 8.83. The first kappa shape index (κ1) is 17.8. The van der Waals surface area contributed by atoms with Crippen molar-refractivity contribution < 1.29 is 4.57 Å². The molecule has 0 saturated heterocycles. The molecule has 140 valence electrons. The molecule has 1 fully saturated rings. The molecule has 4 rings (SSSR count). The zero-order chi connectivity index (χ0) is 18.5. The summed E-state index contributed by atoms with van der Waals surface area (Å²) in [7, 11) is 0. The van der Waals surface area contributed by atoms with Crippen molar-refractivity contribution in [1.82, 2.24) is 9.78 Å². The maximum absolute atomic E-state index is 5.14. The van der Waals surface area contributed by atoms with Crippen LogP contribution in [0.1, 0.15) is 90.1 Å². The van der Waals surface area contributed by atoms with Crippen molar-refractivity contribution in [3.63, 3.8) is 0 Å². The number of rotatable bonds is 3. The molecule has 3 nitrogen and oxygen atoms in total. The highest BCUT2D eigenvalue weighted by molar-refractivity contribution is 5.63. The third-order valence-electron chi connectivity index (χ3n) is 7.77. The molecule has 2 unspecified atom stereocenters. The summed E-state index contributed by atoms with van der Waals surface area (Å²) in [5, 5.41) is 5.14. The highest BCUT2D eigenvalue weighted by atomic mass is 15.4. The number of benzene rings is 1. The molecule has 2 aliphatic rings. The van der Waals surface area contributed by atoms with Gasteiger partial charge in [-0.15, -0.1) is 4.68 Å². The Morgan fingerprint density at radius 3 is 2.42 bits per heavy atom. The van der Waals surface area contributed by atoms with Gasteiger partial charge in [-0.2, -0.15) is 0 Å². The number of hydrogen-bond donors (Lipinski definition) is 0. The minimum absolute atomic E-state index is 0.0441. The van der Waals surface area contributed by atoms with E-state index in [4.69, 9.17) is 5.10 Å². The van der Waals surface area contributed by atoms with Crippen LogP contribution in [0.4, 0.5) is 0 Å². The van der Waals surface area contributed by atoms with Gasteiger partial charge in [0.05, 0.1) is 11.1 Å². The van der Waals surface area contributed by atoms with Crippen LogP contribution in [-0.2, 0) is 11.0 Å². The largest absolute Gasteiger partial charge is 0.275 e. The van der Waals surface area contributed by atoms with Gasteiger partial charge < -0.3 is 0 Å². The van der Waals surface area contributed by atoms with Crippen molar-refractivity contribution >= 4 is 0 Å². The fourth-order valence-electron chi connectivity index (χ4n) is 5.73. The van der Waals surface area contributed by atoms with Gasteiger partial charge in [0.1, 0.15) is 6.04 Å². The Hall–Kier alpha value is -1.64. The van der Waals surface area contributed by atoms with Gasteiger partial charge in [0.15, 0.2) is 0 Å². The van der Waals surface area contributed by atoms with Gasteiger partial charge in [-0.05, 0) is 57.1 Å². The van der Waals surface area contributed by atoms with E-state index in [1.165, 1.54) is 54.9 Å². The lowest BCUT2D eigenvalue weighted by Gasteiger charge is -2.48. The quantitative estimate of drug-likeness (QED) is 0.672. The van der Waals surface area contributed by atoms with E-state index in [0.29, 0.717) is 6.04 Å². The zero-order valence-corrected chi connectivity index (χ0v) is 17.2. The first-order valence-corrected chi connectivity index (χ1v) is 10.6. The predicted octanol–water partition coefficient (Wildman–Crippen LogP) is 5.46. The minimum Gasteiger partial charge on any atom is -0.222 e. The van der Waals surface area contributed by atoms with Crippen LogP contribution in [0.5, 0.6) is 0 Å². The Kier molecular flexibility index (Phi) is 4.24. The minimum atomic E-state index is 0.0441. The molecule has 26 heavy (non-hydrogen) atoms. The van der Waals surface area contributed by atoms with Crippen LogP contribution in [0, 0.1) is 6.92 Å². The number of fused-ring (bicyclic) bond motifs is 3. The molecule has 0 amide bonds. The molecule has 2 aromatic rings. The molecule has 1 aromatic carbocycles. The van der Waals surface area contributed by atoms with Gasteiger partial charge in [-0.1, -0.05) is 45.4 Å². The van der Waals surface area contributed by atoms with E-state index in [0.717, 1.165) is 12.8 Å². The first-order valence-electron chi connectivity index (χ1n) is 10.6. The van der Waals surface area contributed by atoms with Crippen molar-refractivity contribution in [2.24, 2.45) is 0 Å². The fraction of sp³-hybridized carbons (Fsp3) is 0.652. The van der Waals surface area contributed by atoms with E-state index in [-0.39, 0.29) is 11.0 Å². The second-order valence-corrected chi connectivity index (χ2v) is 8.80. The predicted molar refractivity (Wildman–Crippen MR) is 106 cm³/mol. The van der Waals surface area contributed by atoms with Gasteiger partial charge in [0.25, 0.3) is 11.6 Å². The Labute approximate surface area is 158 Å². The van der Waals surface area contributed by atoms with Crippen LogP contribution in [0.3, 0.4) is 0 Å². The van der Waals surface area contributed by atoms with Crippen molar-refractivity contribution in [2.45, 2.75) is 96.6 Å². The third kappa shape index (κ3) is 2.18. The average molecular weight is 353 g/mol. The van der Waals surface area contributed by atoms with E-state index in [1.54, 1.807) is 0 Å². The summed E-state index contributed by atoms with van der Waals surface area (Å²) in [6.45, 7) is 11.8. The lowest BCUT2D eigenvalue weighted by Crippen LogP contribution is -2.68. The van der Waals surface area contributed by atoms with Gasteiger partial charge in [-0.3, -0.25) is 0 Å². The maximum Gasteiger partial charge on any atom is 0.275 e. The molecule has 1 aliphatic heterocycles. The second kappa shape index (κ2) is 6.21. The summed E-state index contributed by atoms with van der Waals surface area (Å²) in [5.74, 6) is 2.52. The van der Waals surface area contributed by atoms with Crippen molar-refractivity contribution in [3.8, 4) is 11.4 Å². The SMILES string of the molecule is CCC1(C)c2ccccc2-c2n(C3CCCCC3)nc(C)[n+]2C1(C)CC. The number of nitrogens with zero attached hydrogens (tertiary/aromatic N) is 3. The van der Waals surface area contributed by atoms with Gasteiger partial charge in [0, 0.05) is 17.4 Å². The van der Waals surface area contributed by atoms with Gasteiger partial charge in [0.2, 0.25) is 0 Å². The first-order chi connectivity index (χ1) is 12.5. The van der Waals surface area contributed by atoms with Crippen LogP contribution in [-0.4, -0.2) is 9.78 Å². The lowest BCUT2D eigenvalue weighted by atomic mass is 9.61. The van der Waals surface area contributed by atoms with Crippen LogP contribution in [0.25, 0.3) is 11.4 Å². The smallest absolute Gasteiger partial charge is 0.222 e. The van der Waals surface area contributed by atoms with Crippen molar-refractivity contribution in [1.29, 1.82) is 0 Å². The standard InChI is InChI=1S/C23H34N3/c1-6-22(4)20-16-12-11-15-19(20)21-25(23(22,5)7-2)17(3)24-26(21)18-13-9-8-10-14-18/h11-12,15-16,18H,6-10,13-14H2,1-5H3/q+1. The van der Waals surface area contributed by atoms with E-state index >= 15 is 0 Å². The molecule has 0 bridgehead atoms. The van der Waals surface area contributed by atoms with E-state index in [9.17, 15) is 0 Å². The van der Waals surface area contributed by atoms with Crippen LogP contribution in [0.15, 0.2) is 24.3 Å². The normalized spacial score (nSPS) is 28.7. The maximum atomic E-state index is 5.14. The van der Waals surface area contributed by atoms with Crippen molar-refractivity contribution in [2.75, 3.05) is 0 Å². The molecular weight excluding hydrogens is 318 g/mol. The molecule has 2 heterocycles. The van der Waals surface area contributed by atoms with Gasteiger partial charge in [-0.25, -0.2) is 4.57 Å². The molecule has 1 aromatic heterocycles. The Balaban J connectivity index is 2.03. The van der Waals surface area contributed by atoms with Crippen molar-refractivity contribution in [3.05, 3.63) is 35.7 Å². The van der Waals surface area contributed by atoms with E-state index in [1.807, 2.05) is 0 Å². The highest BCUT2D eigenvalue weighted by Crippen LogP contribution is 2.50. The number of aryl methyl sites for hydroxylation is 1. The monoisotopic (exact) mass is 352 g/mol. The van der Waals surface area contributed by atoms with Crippen LogP contribution >= 0.6 is 0 Å². The van der Waals surface area contributed by atoms with E-state index in [2.05, 4.69) is 68.1 Å². The zero-order valence-electron chi connectivity index (χ0n) is 17.2. The molecule has 0 spiro atoms. The Bertz CT molecular complexity index is 815. The summed E-state index contributed by atoms with van der Waals surface area (Å²) in [6, 6.07) is 9.65. The molecule has 0 radical (unpaired) electrons. The Morgan fingerprint density at radius 2 is 1.77 bits per heavy atom. The molecule has 1 aliphatic carbocycles. The average Bonchev–Trinajstić information content (AvgIpc) is 3.04. The number of hydrogen-bond acceptors (Lipinski definition) is 1. The fourth-order valence-corrected chi connectivity index (χ4v) is 5.73. The third-order valence-corrected chi connectivity index (χ3v) is 7.77. The van der Waals surface area contributed by atoms with Gasteiger partial charge >= 0.3 is 0 Å². The van der Waals surface area contributed by atoms with E-state index < -0.39 is 0 Å². The topological polar surface area (TPSA) is 21.7 Å². The molecule has 0 N–H and O–H groups in total. The number of aromatic nitrogens is 3. The Morgan fingerprint density at radius 1 is 1.08 bits per heavy atom. The molecule has 2 atom stereocenters. The summed E-state index contributed by atoms with van der Waals surface area (Å²) in [5.41, 5.74) is 3.06. The highest BCUT2D eigenvalue weighted by Gasteiger charge is 2.55. The van der Waals surface area contributed by atoms with Crippen LogP contribution < -0.4 is 4.57 Å². The lowest BCUT2D eigenvalue weighted by molar-refractivity contribution is -0.770. The van der Waals surface area contributed by atoms with Crippen LogP contribution in [0.2, 0.25) is 0 Å². The second-order valence-electron chi connectivity index (χ2n) is 8.80. The molecule has 3 heteroatoms. The summed E-state index contributed by atoms with van der Waals surface area (Å²) >= 11 is 0. The molecular formula is C23H34N3+.